The standard InChI is InChI=1S/C18H19F2N3O4/c1-22(11-16-21-6-7-23(16)18(19)20)17(25)5-3-13(24)12-2-4-14-15(10-12)27-9-8-26-14/h2,4,6-7,10,18H,3,5,8-9,11H2,1H3. The van der Waals surface area contributed by atoms with Crippen molar-refractivity contribution in [1.29, 1.82) is 0 Å². The number of rotatable bonds is 7. The Bertz CT molecular complexity index is 838. The van der Waals surface area contributed by atoms with E-state index in [0.29, 0.717) is 34.8 Å². The van der Waals surface area contributed by atoms with E-state index >= 15 is 0 Å². The van der Waals surface area contributed by atoms with Gasteiger partial charge in [0, 0.05) is 37.8 Å². The number of hydrogen-bond acceptors (Lipinski definition) is 5. The lowest BCUT2D eigenvalue weighted by molar-refractivity contribution is -0.130. The van der Waals surface area contributed by atoms with Crippen molar-refractivity contribution in [2.45, 2.75) is 25.9 Å². The maximum Gasteiger partial charge on any atom is 0.319 e. The molecule has 0 aliphatic carbocycles. The van der Waals surface area contributed by atoms with Crippen molar-refractivity contribution < 1.29 is 27.8 Å². The molecule has 0 bridgehead atoms. The zero-order valence-corrected chi connectivity index (χ0v) is 14.7. The van der Waals surface area contributed by atoms with E-state index in [4.69, 9.17) is 9.47 Å². The van der Waals surface area contributed by atoms with Crippen molar-refractivity contribution in [2.75, 3.05) is 20.3 Å². The molecule has 0 fully saturated rings. The summed E-state index contributed by atoms with van der Waals surface area (Å²) < 4.78 is 37.2. The number of ether oxygens (including phenoxy) is 2. The van der Waals surface area contributed by atoms with Gasteiger partial charge >= 0.3 is 6.55 Å². The third kappa shape index (κ3) is 4.42. The molecule has 9 heteroatoms. The van der Waals surface area contributed by atoms with E-state index in [-0.39, 0.29) is 36.9 Å². The molecule has 2 aromatic rings. The fourth-order valence-electron chi connectivity index (χ4n) is 2.72. The Kier molecular flexibility index (Phi) is 5.68. The molecule has 0 spiro atoms. The van der Waals surface area contributed by atoms with Crippen LogP contribution in [0.3, 0.4) is 0 Å². The van der Waals surface area contributed by atoms with Crippen molar-refractivity contribution in [2.24, 2.45) is 0 Å². The number of ketones is 1. The van der Waals surface area contributed by atoms with E-state index in [9.17, 15) is 18.4 Å². The van der Waals surface area contributed by atoms with Crippen molar-refractivity contribution in [3.05, 3.63) is 42.0 Å². The fourth-order valence-corrected chi connectivity index (χ4v) is 2.72. The highest BCUT2D eigenvalue weighted by Gasteiger charge is 2.19. The van der Waals surface area contributed by atoms with Crippen LogP contribution in [-0.4, -0.2) is 46.4 Å². The Morgan fingerprint density at radius 3 is 2.70 bits per heavy atom. The molecule has 7 nitrogen and oxygen atoms in total. The van der Waals surface area contributed by atoms with E-state index in [0.717, 1.165) is 6.20 Å². The van der Waals surface area contributed by atoms with Crippen LogP contribution in [0.1, 0.15) is 35.6 Å². The zero-order chi connectivity index (χ0) is 19.4. The number of carbonyl (C=O) groups is 2. The van der Waals surface area contributed by atoms with Crippen molar-refractivity contribution >= 4 is 11.7 Å². The molecule has 27 heavy (non-hydrogen) atoms. The normalized spacial score (nSPS) is 12.9. The molecule has 1 aliphatic rings. The van der Waals surface area contributed by atoms with Crippen LogP contribution in [0.25, 0.3) is 0 Å². The van der Waals surface area contributed by atoms with Crippen LogP contribution < -0.4 is 9.47 Å². The van der Waals surface area contributed by atoms with Crippen LogP contribution in [0.15, 0.2) is 30.6 Å². The van der Waals surface area contributed by atoms with Crippen LogP contribution in [0.2, 0.25) is 0 Å². The van der Waals surface area contributed by atoms with Gasteiger partial charge in [0.15, 0.2) is 17.3 Å². The maximum absolute atomic E-state index is 12.8. The van der Waals surface area contributed by atoms with Gasteiger partial charge in [0.25, 0.3) is 0 Å². The van der Waals surface area contributed by atoms with Crippen molar-refractivity contribution in [3.63, 3.8) is 0 Å². The monoisotopic (exact) mass is 379 g/mol. The number of carbonyl (C=O) groups excluding carboxylic acids is 2. The minimum absolute atomic E-state index is 0.00606. The molecule has 3 rings (SSSR count). The molecule has 1 aliphatic heterocycles. The van der Waals surface area contributed by atoms with E-state index < -0.39 is 6.55 Å². The summed E-state index contributed by atoms with van der Waals surface area (Å²) >= 11 is 0. The first kappa shape index (κ1) is 18.8. The molecule has 144 valence electrons. The number of fused-ring (bicyclic) bond motifs is 1. The van der Waals surface area contributed by atoms with Gasteiger partial charge in [-0.2, -0.15) is 8.78 Å². The Balaban J connectivity index is 1.55. The number of aromatic nitrogens is 2. The first-order valence-corrected chi connectivity index (χ1v) is 8.42. The Morgan fingerprint density at radius 2 is 1.96 bits per heavy atom. The molecule has 0 saturated heterocycles. The first-order valence-electron chi connectivity index (χ1n) is 8.42. The van der Waals surface area contributed by atoms with Crippen LogP contribution in [0, 0.1) is 0 Å². The number of hydrogen-bond donors (Lipinski definition) is 0. The summed E-state index contributed by atoms with van der Waals surface area (Å²) in [5, 5.41) is 0. The van der Waals surface area contributed by atoms with E-state index in [1.807, 2.05) is 0 Å². The SMILES string of the molecule is CN(Cc1nccn1C(F)F)C(=O)CCC(=O)c1ccc2c(c1)OCCO2. The first-order chi connectivity index (χ1) is 13.0. The summed E-state index contributed by atoms with van der Waals surface area (Å²) in [6, 6.07) is 4.90. The molecule has 1 aromatic heterocycles. The van der Waals surface area contributed by atoms with E-state index in [1.165, 1.54) is 18.1 Å². The minimum atomic E-state index is -2.72. The molecule has 0 N–H and O–H groups in total. The van der Waals surface area contributed by atoms with Gasteiger partial charge < -0.3 is 14.4 Å². The Morgan fingerprint density at radius 1 is 1.22 bits per heavy atom. The fraction of sp³-hybridized carbons (Fsp3) is 0.389. The lowest BCUT2D eigenvalue weighted by Crippen LogP contribution is -2.28. The third-order valence-electron chi connectivity index (χ3n) is 4.19. The van der Waals surface area contributed by atoms with Crippen molar-refractivity contribution in [3.8, 4) is 11.5 Å². The molecular weight excluding hydrogens is 360 g/mol. The molecule has 0 radical (unpaired) electrons. The summed E-state index contributed by atoms with van der Waals surface area (Å²) in [7, 11) is 1.49. The van der Waals surface area contributed by atoms with Crippen LogP contribution in [0.5, 0.6) is 11.5 Å². The predicted octanol–water partition coefficient (Wildman–Crippen LogP) is 2.67. The summed E-state index contributed by atoms with van der Waals surface area (Å²) in [6.45, 7) is -1.90. The second-order valence-corrected chi connectivity index (χ2v) is 6.06. The number of Topliss-reactive ketones (excluding diaryl/α,β-unsaturated/α-hetero) is 1. The summed E-state index contributed by atoms with van der Waals surface area (Å²) in [4.78, 5) is 29.7. The highest BCUT2D eigenvalue weighted by molar-refractivity contribution is 5.98. The zero-order valence-electron chi connectivity index (χ0n) is 14.7. The molecule has 0 unspecified atom stereocenters. The average Bonchev–Trinajstić information content (AvgIpc) is 3.13. The van der Waals surface area contributed by atoms with E-state index in [1.54, 1.807) is 18.2 Å². The second kappa shape index (κ2) is 8.15. The van der Waals surface area contributed by atoms with Crippen LogP contribution in [0.4, 0.5) is 8.78 Å². The van der Waals surface area contributed by atoms with Gasteiger partial charge in [-0.05, 0) is 18.2 Å². The number of alkyl halides is 2. The summed E-state index contributed by atoms with van der Waals surface area (Å²) in [5.41, 5.74) is 0.433. The van der Waals surface area contributed by atoms with Crippen LogP contribution >= 0.6 is 0 Å². The van der Waals surface area contributed by atoms with Gasteiger partial charge in [0.1, 0.15) is 19.0 Å². The second-order valence-electron chi connectivity index (χ2n) is 6.06. The molecule has 2 heterocycles. The van der Waals surface area contributed by atoms with Gasteiger partial charge in [-0.25, -0.2) is 4.98 Å². The number of imidazole rings is 1. The quantitative estimate of drug-likeness (QED) is 0.692. The summed E-state index contributed by atoms with van der Waals surface area (Å²) in [5.74, 6) is 0.643. The highest BCUT2D eigenvalue weighted by atomic mass is 19.3. The molecule has 1 amide bonds. The topological polar surface area (TPSA) is 73.7 Å². The van der Waals surface area contributed by atoms with Gasteiger partial charge in [0.2, 0.25) is 5.91 Å². The lowest BCUT2D eigenvalue weighted by atomic mass is 10.1. The van der Waals surface area contributed by atoms with Gasteiger partial charge in [-0.1, -0.05) is 0 Å². The van der Waals surface area contributed by atoms with Gasteiger partial charge in [0.05, 0.1) is 6.54 Å². The van der Waals surface area contributed by atoms with E-state index in [2.05, 4.69) is 4.98 Å². The number of halogens is 2. The molecule has 1 aromatic carbocycles. The smallest absolute Gasteiger partial charge is 0.319 e. The molecular formula is C18H19F2N3O4. The Hall–Kier alpha value is -2.97. The molecule has 0 atom stereocenters. The largest absolute Gasteiger partial charge is 0.486 e. The third-order valence-corrected chi connectivity index (χ3v) is 4.19. The number of amides is 1. The number of benzene rings is 1. The lowest BCUT2D eigenvalue weighted by Gasteiger charge is -2.19. The minimum Gasteiger partial charge on any atom is -0.486 e. The maximum atomic E-state index is 12.8. The average molecular weight is 379 g/mol. The van der Waals surface area contributed by atoms with Gasteiger partial charge in [-0.3, -0.25) is 14.2 Å². The number of nitrogens with zero attached hydrogens (tertiary/aromatic N) is 3. The predicted molar refractivity (Wildman–Crippen MR) is 91.0 cm³/mol. The Labute approximate surface area is 154 Å². The van der Waals surface area contributed by atoms with Gasteiger partial charge in [-0.15, -0.1) is 0 Å². The van der Waals surface area contributed by atoms with Crippen LogP contribution in [-0.2, 0) is 11.3 Å². The highest BCUT2D eigenvalue weighted by Crippen LogP contribution is 2.31. The summed E-state index contributed by atoms with van der Waals surface area (Å²) in [6.07, 6.45) is 2.39. The molecule has 0 saturated carbocycles. The van der Waals surface area contributed by atoms with Crippen molar-refractivity contribution in [1.82, 2.24) is 14.5 Å².